The number of hydrogen-bond acceptors (Lipinski definition) is 6. The highest BCUT2D eigenvalue weighted by Gasteiger charge is 2.33. The minimum absolute atomic E-state index is 0.541. The van der Waals surface area contributed by atoms with E-state index in [0.717, 1.165) is 24.1 Å². The van der Waals surface area contributed by atoms with Crippen LogP contribution in [0.4, 0.5) is 30.6 Å². The summed E-state index contributed by atoms with van der Waals surface area (Å²) in [5.74, 6) is 1.42. The number of pyridine rings is 1. The summed E-state index contributed by atoms with van der Waals surface area (Å²) in [5, 5.41) is 3.11. The first-order valence-electron chi connectivity index (χ1n) is 8.49. The van der Waals surface area contributed by atoms with Crippen molar-refractivity contribution in [2.24, 2.45) is 0 Å². The van der Waals surface area contributed by atoms with Gasteiger partial charge in [-0.05, 0) is 26.0 Å². The normalized spacial score (nSPS) is 15.3. The third-order valence-corrected chi connectivity index (χ3v) is 4.18. The average Bonchev–Trinajstić information content (AvgIpc) is 2.61. The standard InChI is InChI=1S/C17H21F3N6/c1-3-21-16-23-12(2)10-15(24-16)26-8-6-25(7-9-26)13-4-5-22-14(11-13)17(18,19)20/h4-5,10-11H,3,6-9H2,1-2H3,(H,21,23,24). The molecule has 26 heavy (non-hydrogen) atoms. The van der Waals surface area contributed by atoms with E-state index in [1.165, 1.54) is 6.20 Å². The molecule has 2 aromatic rings. The molecule has 3 rings (SSSR count). The molecule has 9 heteroatoms. The number of piperazine rings is 1. The summed E-state index contributed by atoms with van der Waals surface area (Å²) in [7, 11) is 0. The van der Waals surface area contributed by atoms with Gasteiger partial charge in [0.2, 0.25) is 5.95 Å². The van der Waals surface area contributed by atoms with Crippen LogP contribution >= 0.6 is 0 Å². The van der Waals surface area contributed by atoms with Crippen LogP contribution < -0.4 is 15.1 Å². The molecule has 0 amide bonds. The lowest BCUT2D eigenvalue weighted by Gasteiger charge is -2.37. The van der Waals surface area contributed by atoms with Crippen molar-refractivity contribution >= 4 is 17.5 Å². The zero-order valence-electron chi connectivity index (χ0n) is 14.7. The highest BCUT2D eigenvalue weighted by atomic mass is 19.4. The summed E-state index contributed by atoms with van der Waals surface area (Å²) in [6, 6.07) is 4.64. The van der Waals surface area contributed by atoms with Crippen LogP contribution in [0.5, 0.6) is 0 Å². The molecular formula is C17H21F3N6. The van der Waals surface area contributed by atoms with Crippen LogP contribution in [0.1, 0.15) is 18.3 Å². The van der Waals surface area contributed by atoms with Crippen LogP contribution in [0, 0.1) is 6.92 Å². The molecule has 1 aliphatic heterocycles. The third kappa shape index (κ3) is 4.14. The highest BCUT2D eigenvalue weighted by molar-refractivity contribution is 5.51. The van der Waals surface area contributed by atoms with Crippen molar-refractivity contribution in [1.29, 1.82) is 0 Å². The second-order valence-corrected chi connectivity index (χ2v) is 6.09. The van der Waals surface area contributed by atoms with Gasteiger partial charge in [0.25, 0.3) is 0 Å². The van der Waals surface area contributed by atoms with Gasteiger partial charge in [-0.3, -0.25) is 4.98 Å². The summed E-state index contributed by atoms with van der Waals surface area (Å²) < 4.78 is 38.5. The summed E-state index contributed by atoms with van der Waals surface area (Å²) in [5.41, 5.74) is 0.552. The Morgan fingerprint density at radius 1 is 1.08 bits per heavy atom. The maximum Gasteiger partial charge on any atom is 0.433 e. The number of alkyl halides is 3. The Morgan fingerprint density at radius 2 is 1.77 bits per heavy atom. The Bertz CT molecular complexity index is 756. The molecule has 3 heterocycles. The molecule has 1 fully saturated rings. The van der Waals surface area contributed by atoms with Crippen molar-refractivity contribution in [2.75, 3.05) is 47.8 Å². The third-order valence-electron chi connectivity index (χ3n) is 4.18. The number of aryl methyl sites for hydroxylation is 1. The van der Waals surface area contributed by atoms with Crippen molar-refractivity contribution in [1.82, 2.24) is 15.0 Å². The molecule has 0 aromatic carbocycles. The van der Waals surface area contributed by atoms with Gasteiger partial charge in [0, 0.05) is 56.4 Å². The topological polar surface area (TPSA) is 57.2 Å². The Morgan fingerprint density at radius 3 is 2.42 bits per heavy atom. The summed E-state index contributed by atoms with van der Waals surface area (Å²) >= 11 is 0. The largest absolute Gasteiger partial charge is 0.433 e. The van der Waals surface area contributed by atoms with Crippen LogP contribution in [0.3, 0.4) is 0 Å². The van der Waals surface area contributed by atoms with Gasteiger partial charge in [-0.25, -0.2) is 4.98 Å². The van der Waals surface area contributed by atoms with Crippen molar-refractivity contribution in [3.8, 4) is 0 Å². The van der Waals surface area contributed by atoms with Crippen LogP contribution in [0.2, 0.25) is 0 Å². The van der Waals surface area contributed by atoms with Gasteiger partial charge in [0.05, 0.1) is 0 Å². The smallest absolute Gasteiger partial charge is 0.368 e. The number of hydrogen-bond donors (Lipinski definition) is 1. The molecular weight excluding hydrogens is 345 g/mol. The molecule has 0 atom stereocenters. The molecule has 0 aliphatic carbocycles. The SMILES string of the molecule is CCNc1nc(C)cc(N2CCN(c3ccnc(C(F)(F)F)c3)CC2)n1. The van der Waals surface area contributed by atoms with Crippen LogP contribution in [-0.2, 0) is 6.18 Å². The molecule has 2 aromatic heterocycles. The number of nitrogens with one attached hydrogen (secondary N) is 1. The monoisotopic (exact) mass is 366 g/mol. The minimum atomic E-state index is -4.43. The number of nitrogens with zero attached hydrogens (tertiary/aromatic N) is 5. The Hall–Kier alpha value is -2.58. The van der Waals surface area contributed by atoms with Gasteiger partial charge in [-0.2, -0.15) is 18.2 Å². The Kier molecular flexibility index (Phi) is 5.15. The lowest BCUT2D eigenvalue weighted by molar-refractivity contribution is -0.141. The van der Waals surface area contributed by atoms with E-state index < -0.39 is 11.9 Å². The fourth-order valence-corrected chi connectivity index (χ4v) is 2.92. The van der Waals surface area contributed by atoms with Crippen LogP contribution in [-0.4, -0.2) is 47.7 Å². The predicted octanol–water partition coefficient (Wildman–Crippen LogP) is 2.96. The summed E-state index contributed by atoms with van der Waals surface area (Å²) in [6.45, 7) is 7.20. The van der Waals surface area contributed by atoms with Gasteiger partial charge in [0.15, 0.2) is 0 Å². The lowest BCUT2D eigenvalue weighted by Crippen LogP contribution is -2.47. The Labute approximate surface area is 150 Å². The fraction of sp³-hybridized carbons (Fsp3) is 0.471. The first kappa shape index (κ1) is 18.2. The molecule has 0 spiro atoms. The molecule has 1 N–H and O–H groups in total. The van der Waals surface area contributed by atoms with E-state index >= 15 is 0 Å². The van der Waals surface area contributed by atoms with Gasteiger partial charge in [-0.15, -0.1) is 0 Å². The predicted molar refractivity (Wildman–Crippen MR) is 94.6 cm³/mol. The van der Waals surface area contributed by atoms with Crippen LogP contribution in [0.15, 0.2) is 24.4 Å². The first-order chi connectivity index (χ1) is 12.4. The van der Waals surface area contributed by atoms with Crippen molar-refractivity contribution in [3.63, 3.8) is 0 Å². The van der Waals surface area contributed by atoms with E-state index in [-0.39, 0.29) is 0 Å². The molecule has 0 radical (unpaired) electrons. The van der Waals surface area contributed by atoms with E-state index in [9.17, 15) is 13.2 Å². The molecule has 1 aliphatic rings. The van der Waals surface area contributed by atoms with E-state index in [1.54, 1.807) is 6.07 Å². The van der Waals surface area contributed by atoms with Crippen molar-refractivity contribution in [3.05, 3.63) is 35.8 Å². The zero-order chi connectivity index (χ0) is 18.7. The zero-order valence-corrected chi connectivity index (χ0v) is 14.7. The summed E-state index contributed by atoms with van der Waals surface area (Å²) in [4.78, 5) is 16.3. The van der Waals surface area contributed by atoms with Gasteiger partial charge in [0.1, 0.15) is 11.5 Å². The van der Waals surface area contributed by atoms with Crippen molar-refractivity contribution < 1.29 is 13.2 Å². The van der Waals surface area contributed by atoms with Gasteiger partial charge >= 0.3 is 6.18 Å². The molecule has 6 nitrogen and oxygen atoms in total. The fourth-order valence-electron chi connectivity index (χ4n) is 2.92. The summed E-state index contributed by atoms with van der Waals surface area (Å²) in [6.07, 6.45) is -3.22. The Balaban J connectivity index is 1.70. The van der Waals surface area contributed by atoms with Crippen LogP contribution in [0.25, 0.3) is 0 Å². The van der Waals surface area contributed by atoms with E-state index in [4.69, 9.17) is 0 Å². The van der Waals surface area contributed by atoms with Crippen molar-refractivity contribution in [2.45, 2.75) is 20.0 Å². The van der Waals surface area contributed by atoms with Gasteiger partial charge in [-0.1, -0.05) is 0 Å². The van der Waals surface area contributed by atoms with Gasteiger partial charge < -0.3 is 15.1 Å². The van der Waals surface area contributed by atoms with E-state index in [0.29, 0.717) is 37.8 Å². The van der Waals surface area contributed by atoms with E-state index in [1.807, 2.05) is 24.8 Å². The molecule has 0 saturated carbocycles. The molecule has 1 saturated heterocycles. The molecule has 0 unspecified atom stereocenters. The molecule has 0 bridgehead atoms. The minimum Gasteiger partial charge on any atom is -0.368 e. The average molecular weight is 366 g/mol. The second-order valence-electron chi connectivity index (χ2n) is 6.09. The maximum atomic E-state index is 12.8. The highest BCUT2D eigenvalue weighted by Crippen LogP contribution is 2.30. The first-order valence-corrected chi connectivity index (χ1v) is 8.49. The molecule has 140 valence electrons. The number of halogens is 3. The maximum absolute atomic E-state index is 12.8. The number of rotatable bonds is 4. The number of anilines is 3. The van der Waals surface area contributed by atoms with E-state index in [2.05, 4.69) is 25.2 Å². The quantitative estimate of drug-likeness (QED) is 0.898. The number of aromatic nitrogens is 3. The second kappa shape index (κ2) is 7.35. The lowest BCUT2D eigenvalue weighted by atomic mass is 10.2.